The van der Waals surface area contributed by atoms with Gasteiger partial charge in [-0.1, -0.05) is 41.9 Å². The molecule has 0 aliphatic carbocycles. The monoisotopic (exact) mass is 574 g/mol. The number of sulfonamides is 1. The molecule has 3 rings (SSSR count). The number of hydrogen-bond donors (Lipinski definition) is 2. The lowest BCUT2D eigenvalue weighted by Crippen LogP contribution is -2.17. The van der Waals surface area contributed by atoms with Crippen LogP contribution in [-0.4, -0.2) is 22.1 Å². The Balaban J connectivity index is 0.00000385. The summed E-state index contributed by atoms with van der Waals surface area (Å²) in [5.74, 6) is 1.24. The summed E-state index contributed by atoms with van der Waals surface area (Å²) in [6, 6.07) is 18.0. The molecule has 0 heterocycles. The van der Waals surface area contributed by atoms with E-state index in [9.17, 15) is 8.42 Å². The van der Waals surface area contributed by atoms with Gasteiger partial charge in [-0.15, -0.1) is 12.4 Å². The first kappa shape index (κ1) is 27.4. The largest absolute Gasteiger partial charge is 0.493 e. The van der Waals surface area contributed by atoms with Crippen molar-refractivity contribution in [2.45, 2.75) is 24.5 Å². The molecular weight excluding hydrogens is 551 g/mol. The van der Waals surface area contributed by atoms with Crippen molar-refractivity contribution >= 4 is 50.0 Å². The van der Waals surface area contributed by atoms with Gasteiger partial charge in [0.1, 0.15) is 6.61 Å². The predicted octanol–water partition coefficient (Wildman–Crippen LogP) is 5.09. The van der Waals surface area contributed by atoms with Gasteiger partial charge in [0.2, 0.25) is 10.0 Å². The fraction of sp³-hybridized carbons (Fsp3) is 0.217. The maximum absolute atomic E-state index is 11.3. The van der Waals surface area contributed by atoms with E-state index < -0.39 is 10.0 Å². The van der Waals surface area contributed by atoms with Crippen molar-refractivity contribution in [3.05, 3.63) is 86.8 Å². The van der Waals surface area contributed by atoms with E-state index in [2.05, 4.69) is 21.2 Å². The molecule has 0 radical (unpaired) electrons. The molecule has 3 aromatic rings. The molecule has 10 heteroatoms. The molecule has 0 unspecified atom stereocenters. The first-order valence-electron chi connectivity index (χ1n) is 9.83. The number of rotatable bonds is 10. The molecule has 0 spiro atoms. The number of methoxy groups -OCH3 is 1. The zero-order valence-corrected chi connectivity index (χ0v) is 21.9. The zero-order valence-electron chi connectivity index (χ0n) is 17.9. The van der Waals surface area contributed by atoms with E-state index in [1.807, 2.05) is 36.4 Å². The van der Waals surface area contributed by atoms with Crippen LogP contribution in [-0.2, 0) is 29.6 Å². The number of halogens is 3. The van der Waals surface area contributed by atoms with Crippen LogP contribution >= 0.6 is 39.9 Å². The molecular formula is C23H25BrCl2N2O4S. The van der Waals surface area contributed by atoms with Crippen LogP contribution in [0, 0.1) is 0 Å². The SMILES string of the molecule is COc1cc(CNCCc2ccc(S(N)(=O)=O)cc2)cc(Br)c1OCc1ccccc1Cl.Cl. The van der Waals surface area contributed by atoms with Crippen molar-refractivity contribution < 1.29 is 17.9 Å². The van der Waals surface area contributed by atoms with E-state index in [-0.39, 0.29) is 17.3 Å². The smallest absolute Gasteiger partial charge is 0.238 e. The van der Waals surface area contributed by atoms with Gasteiger partial charge in [0.25, 0.3) is 0 Å². The minimum absolute atomic E-state index is 0. The number of hydrogen-bond acceptors (Lipinski definition) is 5. The van der Waals surface area contributed by atoms with E-state index in [4.69, 9.17) is 26.2 Å². The number of nitrogens with two attached hydrogens (primary N) is 1. The second-order valence-electron chi connectivity index (χ2n) is 7.10. The van der Waals surface area contributed by atoms with Crippen molar-refractivity contribution in [1.82, 2.24) is 5.32 Å². The van der Waals surface area contributed by atoms with Gasteiger partial charge in [0.05, 0.1) is 16.5 Å². The molecule has 0 amide bonds. The number of primary sulfonamides is 1. The molecule has 0 aromatic heterocycles. The van der Waals surface area contributed by atoms with E-state index in [0.717, 1.165) is 34.1 Å². The quantitative estimate of drug-likeness (QED) is 0.329. The summed E-state index contributed by atoms with van der Waals surface area (Å²) in [7, 11) is -2.06. The molecule has 0 aliphatic rings. The van der Waals surface area contributed by atoms with Crippen LogP contribution in [0.5, 0.6) is 11.5 Å². The van der Waals surface area contributed by atoms with Gasteiger partial charge in [-0.2, -0.15) is 0 Å². The minimum Gasteiger partial charge on any atom is -0.493 e. The van der Waals surface area contributed by atoms with Crippen molar-refractivity contribution in [3.63, 3.8) is 0 Å². The van der Waals surface area contributed by atoms with Crippen molar-refractivity contribution in [2.75, 3.05) is 13.7 Å². The van der Waals surface area contributed by atoms with Gasteiger partial charge < -0.3 is 14.8 Å². The average molecular weight is 576 g/mol. The molecule has 0 bridgehead atoms. The van der Waals surface area contributed by atoms with Crippen molar-refractivity contribution in [3.8, 4) is 11.5 Å². The van der Waals surface area contributed by atoms with E-state index in [1.54, 1.807) is 19.2 Å². The molecule has 3 N–H and O–H groups in total. The Bertz CT molecular complexity index is 1180. The fourth-order valence-corrected chi connectivity index (χ4v) is 4.40. The lowest BCUT2D eigenvalue weighted by Gasteiger charge is -2.15. The van der Waals surface area contributed by atoms with E-state index >= 15 is 0 Å². The van der Waals surface area contributed by atoms with E-state index in [0.29, 0.717) is 29.7 Å². The number of ether oxygens (including phenoxy) is 2. The second kappa shape index (κ2) is 12.6. The van der Waals surface area contributed by atoms with Gasteiger partial charge in [-0.05, 0) is 70.4 Å². The Morgan fingerprint density at radius 3 is 2.39 bits per heavy atom. The summed E-state index contributed by atoms with van der Waals surface area (Å²) in [6.45, 7) is 1.69. The summed E-state index contributed by atoms with van der Waals surface area (Å²) in [5, 5.41) is 9.16. The summed E-state index contributed by atoms with van der Waals surface area (Å²) in [4.78, 5) is 0.114. The third-order valence-corrected chi connectivity index (χ3v) is 6.68. The van der Waals surface area contributed by atoms with E-state index in [1.165, 1.54) is 12.1 Å². The Hall–Kier alpha value is -1.81. The topological polar surface area (TPSA) is 90.6 Å². The Morgan fingerprint density at radius 1 is 1.06 bits per heavy atom. The third kappa shape index (κ3) is 7.88. The molecule has 0 fully saturated rings. The van der Waals surface area contributed by atoms with Crippen LogP contribution in [0.25, 0.3) is 0 Å². The predicted molar refractivity (Wildman–Crippen MR) is 137 cm³/mol. The Labute approximate surface area is 214 Å². The van der Waals surface area contributed by atoms with Crippen LogP contribution in [0.2, 0.25) is 5.02 Å². The number of nitrogens with one attached hydrogen (secondary N) is 1. The molecule has 0 saturated carbocycles. The number of benzene rings is 3. The highest BCUT2D eigenvalue weighted by molar-refractivity contribution is 9.10. The third-order valence-electron chi connectivity index (χ3n) is 4.79. The van der Waals surface area contributed by atoms with Crippen LogP contribution < -0.4 is 19.9 Å². The summed E-state index contributed by atoms with van der Waals surface area (Å²) < 4.78 is 34.9. The summed E-state index contributed by atoms with van der Waals surface area (Å²) >= 11 is 9.78. The van der Waals surface area contributed by atoms with Crippen molar-refractivity contribution in [1.29, 1.82) is 0 Å². The Morgan fingerprint density at radius 2 is 1.76 bits per heavy atom. The molecule has 0 aliphatic heterocycles. The molecule has 0 saturated heterocycles. The molecule has 33 heavy (non-hydrogen) atoms. The highest BCUT2D eigenvalue weighted by Crippen LogP contribution is 2.37. The minimum atomic E-state index is -3.67. The molecule has 6 nitrogen and oxygen atoms in total. The van der Waals surface area contributed by atoms with Gasteiger partial charge in [0.15, 0.2) is 11.5 Å². The maximum Gasteiger partial charge on any atom is 0.238 e. The zero-order chi connectivity index (χ0) is 23.1. The first-order chi connectivity index (χ1) is 15.3. The standard InChI is InChI=1S/C23H24BrClN2O4S.ClH/c1-30-22-13-17(12-20(24)23(22)31-15-18-4-2-3-5-21(18)25)14-27-11-10-16-6-8-19(9-7-16)32(26,28)29;/h2-9,12-13,27H,10-11,14-15H2,1H3,(H2,26,28,29);1H. The lowest BCUT2D eigenvalue weighted by molar-refractivity contribution is 0.282. The summed E-state index contributed by atoms with van der Waals surface area (Å²) in [6.07, 6.45) is 0.752. The first-order valence-corrected chi connectivity index (χ1v) is 12.5. The highest BCUT2D eigenvalue weighted by atomic mass is 79.9. The highest BCUT2D eigenvalue weighted by Gasteiger charge is 2.13. The maximum atomic E-state index is 11.3. The normalized spacial score (nSPS) is 11.0. The molecule has 178 valence electrons. The van der Waals surface area contributed by atoms with Gasteiger partial charge in [0, 0.05) is 17.1 Å². The van der Waals surface area contributed by atoms with Crippen LogP contribution in [0.15, 0.2) is 70.0 Å². The van der Waals surface area contributed by atoms with Crippen LogP contribution in [0.3, 0.4) is 0 Å². The fourth-order valence-electron chi connectivity index (χ4n) is 3.09. The van der Waals surface area contributed by atoms with Crippen LogP contribution in [0.4, 0.5) is 0 Å². The lowest BCUT2D eigenvalue weighted by atomic mass is 10.1. The average Bonchev–Trinajstić information content (AvgIpc) is 2.76. The van der Waals surface area contributed by atoms with Gasteiger partial charge >= 0.3 is 0 Å². The molecule has 3 aromatic carbocycles. The van der Waals surface area contributed by atoms with Gasteiger partial charge in [-0.3, -0.25) is 0 Å². The van der Waals surface area contributed by atoms with Gasteiger partial charge in [-0.25, -0.2) is 13.6 Å². The second-order valence-corrected chi connectivity index (χ2v) is 9.93. The van der Waals surface area contributed by atoms with Crippen molar-refractivity contribution in [2.24, 2.45) is 5.14 Å². The molecule has 0 atom stereocenters. The summed E-state index contributed by atoms with van der Waals surface area (Å²) in [5.41, 5.74) is 2.95. The Kier molecular flexibility index (Phi) is 10.5. The van der Waals surface area contributed by atoms with Crippen LogP contribution in [0.1, 0.15) is 16.7 Å².